The summed E-state index contributed by atoms with van der Waals surface area (Å²) < 4.78 is 5.42. The quantitative estimate of drug-likeness (QED) is 0.667. The highest BCUT2D eigenvalue weighted by atomic mass is 16.5. The van der Waals surface area contributed by atoms with E-state index in [2.05, 4.69) is 29.1 Å². The first-order valence-electron chi connectivity index (χ1n) is 4.85. The number of aromatic nitrogens is 2. The standard InChI is InChI=1S/C6H13NO.C4H4N2/c1-5-3-7-4-6(2)8-5;1-2-5-4-6-3-1/h5-7H,3-4H2,1-2H3;1-4H. The van der Waals surface area contributed by atoms with Crippen LogP contribution in [0.25, 0.3) is 0 Å². The third-order valence-corrected chi connectivity index (χ3v) is 1.81. The van der Waals surface area contributed by atoms with E-state index in [-0.39, 0.29) is 0 Å². The molecule has 1 aliphatic rings. The molecule has 0 saturated carbocycles. The molecule has 4 nitrogen and oxygen atoms in total. The van der Waals surface area contributed by atoms with E-state index in [1.807, 2.05) is 0 Å². The zero-order valence-electron chi connectivity index (χ0n) is 8.68. The van der Waals surface area contributed by atoms with Gasteiger partial charge in [-0.05, 0) is 19.9 Å². The fourth-order valence-corrected chi connectivity index (χ4v) is 1.24. The number of nitrogens with zero attached hydrogens (tertiary/aromatic N) is 2. The van der Waals surface area contributed by atoms with Crippen LogP contribution in [0.3, 0.4) is 0 Å². The van der Waals surface area contributed by atoms with E-state index >= 15 is 0 Å². The van der Waals surface area contributed by atoms with Crippen molar-refractivity contribution >= 4 is 0 Å². The predicted molar refractivity (Wildman–Crippen MR) is 54.9 cm³/mol. The second-order valence-corrected chi connectivity index (χ2v) is 3.32. The summed E-state index contributed by atoms with van der Waals surface area (Å²) in [5.74, 6) is 0. The highest BCUT2D eigenvalue weighted by molar-refractivity contribution is 4.74. The molecular formula is C10H17N3O. The van der Waals surface area contributed by atoms with Gasteiger partial charge in [0.1, 0.15) is 6.33 Å². The molecule has 1 aromatic rings. The van der Waals surface area contributed by atoms with Crippen LogP contribution in [0.1, 0.15) is 13.8 Å². The summed E-state index contributed by atoms with van der Waals surface area (Å²) in [4.78, 5) is 7.35. The van der Waals surface area contributed by atoms with Crippen molar-refractivity contribution in [2.75, 3.05) is 13.1 Å². The van der Waals surface area contributed by atoms with Gasteiger partial charge in [0.05, 0.1) is 12.2 Å². The monoisotopic (exact) mass is 195 g/mol. The van der Waals surface area contributed by atoms with Gasteiger partial charge in [0.15, 0.2) is 0 Å². The predicted octanol–water partition coefficient (Wildman–Crippen LogP) is 0.860. The molecule has 0 bridgehead atoms. The lowest BCUT2D eigenvalue weighted by Crippen LogP contribution is -2.41. The Bertz CT molecular complexity index is 195. The first-order chi connectivity index (χ1) is 6.79. The van der Waals surface area contributed by atoms with E-state index in [1.165, 1.54) is 6.33 Å². The Morgan fingerprint density at radius 1 is 1.14 bits per heavy atom. The molecule has 14 heavy (non-hydrogen) atoms. The van der Waals surface area contributed by atoms with Gasteiger partial charge in [-0.2, -0.15) is 0 Å². The number of ether oxygens (including phenoxy) is 1. The van der Waals surface area contributed by atoms with Gasteiger partial charge in [0.2, 0.25) is 0 Å². The number of rotatable bonds is 0. The lowest BCUT2D eigenvalue weighted by Gasteiger charge is -2.25. The van der Waals surface area contributed by atoms with E-state index in [0.717, 1.165) is 13.1 Å². The first-order valence-corrected chi connectivity index (χ1v) is 4.85. The molecule has 78 valence electrons. The van der Waals surface area contributed by atoms with Gasteiger partial charge >= 0.3 is 0 Å². The largest absolute Gasteiger partial charge is 0.373 e. The highest BCUT2D eigenvalue weighted by Crippen LogP contribution is 2.00. The molecule has 0 aromatic carbocycles. The van der Waals surface area contributed by atoms with E-state index in [9.17, 15) is 0 Å². The topological polar surface area (TPSA) is 47.0 Å². The van der Waals surface area contributed by atoms with Crippen molar-refractivity contribution in [3.8, 4) is 0 Å². The lowest BCUT2D eigenvalue weighted by atomic mass is 10.3. The minimum Gasteiger partial charge on any atom is -0.373 e. The van der Waals surface area contributed by atoms with Gasteiger partial charge in [-0.3, -0.25) is 0 Å². The van der Waals surface area contributed by atoms with Crippen molar-refractivity contribution in [3.05, 3.63) is 24.8 Å². The van der Waals surface area contributed by atoms with Crippen molar-refractivity contribution in [3.63, 3.8) is 0 Å². The Hall–Kier alpha value is -1.00. The molecule has 1 N–H and O–H groups in total. The zero-order valence-corrected chi connectivity index (χ0v) is 8.68. The van der Waals surface area contributed by atoms with Gasteiger partial charge in [-0.1, -0.05) is 0 Å². The Morgan fingerprint density at radius 3 is 1.93 bits per heavy atom. The van der Waals surface area contributed by atoms with Crippen LogP contribution in [-0.4, -0.2) is 35.3 Å². The van der Waals surface area contributed by atoms with Crippen LogP contribution < -0.4 is 5.32 Å². The highest BCUT2D eigenvalue weighted by Gasteiger charge is 2.12. The maximum absolute atomic E-state index is 5.42. The molecule has 2 rings (SSSR count). The summed E-state index contributed by atoms with van der Waals surface area (Å²) in [5, 5.41) is 3.26. The maximum atomic E-state index is 5.42. The molecule has 2 unspecified atom stereocenters. The molecule has 1 aliphatic heterocycles. The molecule has 0 spiro atoms. The molecule has 0 radical (unpaired) electrons. The Balaban J connectivity index is 0.000000146. The van der Waals surface area contributed by atoms with Gasteiger partial charge in [-0.25, -0.2) is 9.97 Å². The van der Waals surface area contributed by atoms with Crippen molar-refractivity contribution in [1.82, 2.24) is 15.3 Å². The summed E-state index contributed by atoms with van der Waals surface area (Å²) in [6.07, 6.45) is 5.68. The molecule has 0 amide bonds. The molecule has 0 aliphatic carbocycles. The summed E-state index contributed by atoms with van der Waals surface area (Å²) >= 11 is 0. The van der Waals surface area contributed by atoms with Gasteiger partial charge in [-0.15, -0.1) is 0 Å². The smallest absolute Gasteiger partial charge is 0.115 e. The molecule has 1 aromatic heterocycles. The van der Waals surface area contributed by atoms with Crippen LogP contribution in [0.4, 0.5) is 0 Å². The SMILES string of the molecule is CC1CNCC(C)O1.c1cncnc1. The molecule has 2 heterocycles. The fraction of sp³-hybridized carbons (Fsp3) is 0.600. The van der Waals surface area contributed by atoms with E-state index in [0.29, 0.717) is 12.2 Å². The van der Waals surface area contributed by atoms with Crippen LogP contribution in [0, 0.1) is 0 Å². The summed E-state index contributed by atoms with van der Waals surface area (Å²) in [5.41, 5.74) is 0. The molecule has 2 atom stereocenters. The number of nitrogens with one attached hydrogen (secondary N) is 1. The summed E-state index contributed by atoms with van der Waals surface area (Å²) in [6, 6.07) is 1.78. The minimum atomic E-state index is 0.402. The Kier molecular flexibility index (Phi) is 5.11. The average Bonchev–Trinajstić information content (AvgIpc) is 2.21. The third-order valence-electron chi connectivity index (χ3n) is 1.81. The Labute approximate surface area is 84.7 Å². The molecular weight excluding hydrogens is 178 g/mol. The number of hydrogen-bond donors (Lipinski definition) is 1. The normalized spacial score (nSPS) is 26.1. The summed E-state index contributed by atoms with van der Waals surface area (Å²) in [6.45, 7) is 6.18. The number of morpholine rings is 1. The lowest BCUT2D eigenvalue weighted by molar-refractivity contribution is -0.0166. The van der Waals surface area contributed by atoms with Crippen LogP contribution in [-0.2, 0) is 4.74 Å². The average molecular weight is 195 g/mol. The van der Waals surface area contributed by atoms with Gasteiger partial charge in [0.25, 0.3) is 0 Å². The molecule has 1 saturated heterocycles. The van der Waals surface area contributed by atoms with Gasteiger partial charge in [0, 0.05) is 25.5 Å². The second-order valence-electron chi connectivity index (χ2n) is 3.32. The van der Waals surface area contributed by atoms with Crippen molar-refractivity contribution in [1.29, 1.82) is 0 Å². The molecule has 4 heteroatoms. The van der Waals surface area contributed by atoms with E-state index in [1.54, 1.807) is 18.5 Å². The minimum absolute atomic E-state index is 0.402. The van der Waals surface area contributed by atoms with E-state index < -0.39 is 0 Å². The first kappa shape index (κ1) is 11.1. The second kappa shape index (κ2) is 6.45. The third kappa shape index (κ3) is 4.89. The van der Waals surface area contributed by atoms with Crippen molar-refractivity contribution < 1.29 is 4.74 Å². The van der Waals surface area contributed by atoms with Crippen LogP contribution >= 0.6 is 0 Å². The van der Waals surface area contributed by atoms with Gasteiger partial charge < -0.3 is 10.1 Å². The van der Waals surface area contributed by atoms with E-state index in [4.69, 9.17) is 4.74 Å². The fourth-order valence-electron chi connectivity index (χ4n) is 1.24. The molecule has 1 fully saturated rings. The number of hydrogen-bond acceptors (Lipinski definition) is 4. The van der Waals surface area contributed by atoms with Crippen LogP contribution in [0.2, 0.25) is 0 Å². The maximum Gasteiger partial charge on any atom is 0.115 e. The van der Waals surface area contributed by atoms with Crippen LogP contribution in [0.5, 0.6) is 0 Å². The van der Waals surface area contributed by atoms with Crippen molar-refractivity contribution in [2.24, 2.45) is 0 Å². The van der Waals surface area contributed by atoms with Crippen molar-refractivity contribution in [2.45, 2.75) is 26.1 Å². The summed E-state index contributed by atoms with van der Waals surface area (Å²) in [7, 11) is 0. The Morgan fingerprint density at radius 2 is 1.71 bits per heavy atom. The zero-order chi connectivity index (χ0) is 10.2. The van der Waals surface area contributed by atoms with Crippen LogP contribution in [0.15, 0.2) is 24.8 Å².